The van der Waals surface area contributed by atoms with Gasteiger partial charge in [-0.2, -0.15) is 0 Å². The number of aromatic hydroxyl groups is 1. The van der Waals surface area contributed by atoms with E-state index in [2.05, 4.69) is 53.4 Å². The number of piperazine rings is 1. The zero-order chi connectivity index (χ0) is 37.8. The molecule has 14 heteroatoms. The highest BCUT2D eigenvalue weighted by molar-refractivity contribution is 6.23. The quantitative estimate of drug-likeness (QED) is 0.304. The highest BCUT2D eigenvalue weighted by Gasteiger charge is 2.45. The van der Waals surface area contributed by atoms with Gasteiger partial charge in [0.25, 0.3) is 11.8 Å². The van der Waals surface area contributed by atoms with Gasteiger partial charge in [-0.15, -0.1) is 10.2 Å². The first-order valence-electron chi connectivity index (χ1n) is 19.9. The van der Waals surface area contributed by atoms with Crippen LogP contribution in [0.5, 0.6) is 5.75 Å². The maximum absolute atomic E-state index is 13.4. The normalized spacial score (nSPS) is 26.4. The predicted octanol–water partition coefficient (Wildman–Crippen LogP) is 3.18. The van der Waals surface area contributed by atoms with Gasteiger partial charge in [-0.05, 0) is 100 Å². The molecule has 0 saturated carbocycles. The first-order chi connectivity index (χ1) is 26.7. The molecule has 7 heterocycles. The smallest absolute Gasteiger partial charge is 0.262 e. The highest BCUT2D eigenvalue weighted by Crippen LogP contribution is 2.37. The number of hydrogen-bond donors (Lipinski definition) is 3. The molecule has 0 spiro atoms. The summed E-state index contributed by atoms with van der Waals surface area (Å²) in [4.78, 5) is 61.9. The molecule has 1 aromatic heterocycles. The molecular formula is C41H49N9O5. The number of carbonyl (C=O) groups excluding carboxylic acids is 4. The van der Waals surface area contributed by atoms with E-state index in [9.17, 15) is 24.3 Å². The fourth-order valence-corrected chi connectivity index (χ4v) is 9.88. The third-order valence-electron chi connectivity index (χ3n) is 12.8. The zero-order valence-corrected chi connectivity index (χ0v) is 31.3. The number of phenolic OH excluding ortho intramolecular Hbond substituents is 1. The number of aromatic nitrogens is 2. The van der Waals surface area contributed by atoms with Crippen molar-refractivity contribution in [2.24, 2.45) is 11.8 Å². The number of amides is 4. The van der Waals surface area contributed by atoms with Gasteiger partial charge >= 0.3 is 0 Å². The van der Waals surface area contributed by atoms with Gasteiger partial charge in [0.1, 0.15) is 11.8 Å². The average Bonchev–Trinajstić information content (AvgIpc) is 3.43. The molecule has 0 radical (unpaired) electrons. The standard InChI is InChI=1S/C41H49N9O5/c1-25-18-27(12-15-48(25)28-6-7-30-32(19-28)41(55)50(40(30)54)34-8-9-37(52)43-39(34)53)23-46-13-10-26(11-14-46)22-47-16-17-49-29(24-47)21-42-38-35(49)20-33(44-45-38)31-4-2-3-5-36(31)51/h2-7,19-20,25-27,29,34,51H,8-18,21-24H2,1H3,(H,42,45)(H,43,52,53)/t25?,27?,29-,34?/m0/s1. The molecule has 288 valence electrons. The number of benzene rings is 2. The van der Waals surface area contributed by atoms with Gasteiger partial charge in [-0.3, -0.25) is 34.3 Å². The lowest BCUT2D eigenvalue weighted by molar-refractivity contribution is -0.136. The second-order valence-corrected chi connectivity index (χ2v) is 16.3. The van der Waals surface area contributed by atoms with Crippen molar-refractivity contribution in [1.29, 1.82) is 0 Å². The zero-order valence-electron chi connectivity index (χ0n) is 31.3. The monoisotopic (exact) mass is 747 g/mol. The Hall–Kier alpha value is -5.08. The van der Waals surface area contributed by atoms with Crippen LogP contribution in [0.4, 0.5) is 17.2 Å². The summed E-state index contributed by atoms with van der Waals surface area (Å²) in [6.45, 7) is 11.5. The average molecular weight is 748 g/mol. The molecule has 14 nitrogen and oxygen atoms in total. The van der Waals surface area contributed by atoms with Gasteiger partial charge in [0.2, 0.25) is 11.8 Å². The van der Waals surface area contributed by atoms with Crippen molar-refractivity contribution in [3.63, 3.8) is 0 Å². The minimum Gasteiger partial charge on any atom is -0.507 e. The second kappa shape index (κ2) is 14.5. The summed E-state index contributed by atoms with van der Waals surface area (Å²) in [5.41, 5.74) is 4.03. The topological polar surface area (TPSA) is 155 Å². The van der Waals surface area contributed by atoms with Crippen molar-refractivity contribution in [2.75, 3.05) is 74.0 Å². The van der Waals surface area contributed by atoms with Gasteiger partial charge in [0.15, 0.2) is 5.82 Å². The van der Waals surface area contributed by atoms with Crippen molar-refractivity contribution < 1.29 is 24.3 Å². The summed E-state index contributed by atoms with van der Waals surface area (Å²) in [5, 5.41) is 25.0. The Kier molecular flexibility index (Phi) is 9.41. The first kappa shape index (κ1) is 35.6. The van der Waals surface area contributed by atoms with Crippen LogP contribution in [0.1, 0.15) is 66.2 Å². The van der Waals surface area contributed by atoms with Gasteiger partial charge in [0.05, 0.1) is 28.6 Å². The van der Waals surface area contributed by atoms with Gasteiger partial charge in [-0.1, -0.05) is 12.1 Å². The van der Waals surface area contributed by atoms with E-state index in [4.69, 9.17) is 0 Å². The van der Waals surface area contributed by atoms with E-state index < -0.39 is 23.8 Å². The number of nitrogens with zero attached hydrogens (tertiary/aromatic N) is 7. The van der Waals surface area contributed by atoms with Crippen LogP contribution in [-0.4, -0.2) is 131 Å². The number of fused-ring (bicyclic) bond motifs is 4. The predicted molar refractivity (Wildman–Crippen MR) is 207 cm³/mol. The Balaban J connectivity index is 0.744. The van der Waals surface area contributed by atoms with Crippen LogP contribution in [0, 0.1) is 11.8 Å². The number of anilines is 3. The lowest BCUT2D eigenvalue weighted by Gasteiger charge is -2.47. The summed E-state index contributed by atoms with van der Waals surface area (Å²) in [6.07, 6.45) is 4.83. The van der Waals surface area contributed by atoms with Crippen molar-refractivity contribution in [2.45, 2.75) is 63.6 Å². The third kappa shape index (κ3) is 6.79. The van der Waals surface area contributed by atoms with Crippen LogP contribution in [-0.2, 0) is 9.59 Å². The van der Waals surface area contributed by atoms with E-state index in [0.717, 1.165) is 93.8 Å². The van der Waals surface area contributed by atoms with Crippen LogP contribution >= 0.6 is 0 Å². The largest absolute Gasteiger partial charge is 0.507 e. The SMILES string of the molecule is CC1CC(CN2CCC(CN3CCN4c5cc(-c6ccccc6O)nnc5NC[C@H]4C3)CC2)CCN1c1ccc2c(c1)C(=O)N(C1CCC(=O)NC1=O)C2=O. The number of hydrogen-bond acceptors (Lipinski definition) is 12. The molecule has 3 unspecified atom stereocenters. The molecule has 0 aliphatic carbocycles. The second-order valence-electron chi connectivity index (χ2n) is 16.3. The minimum absolute atomic E-state index is 0.105. The summed E-state index contributed by atoms with van der Waals surface area (Å²) in [7, 11) is 0. The van der Waals surface area contributed by atoms with Crippen molar-refractivity contribution in [1.82, 2.24) is 30.2 Å². The van der Waals surface area contributed by atoms with E-state index >= 15 is 0 Å². The molecule has 0 bridgehead atoms. The van der Waals surface area contributed by atoms with Gasteiger partial charge in [-0.25, -0.2) is 0 Å². The molecule has 3 N–H and O–H groups in total. The van der Waals surface area contributed by atoms with Crippen molar-refractivity contribution in [3.05, 3.63) is 59.7 Å². The van der Waals surface area contributed by atoms with Crippen molar-refractivity contribution in [3.8, 4) is 17.0 Å². The summed E-state index contributed by atoms with van der Waals surface area (Å²) >= 11 is 0. The van der Waals surface area contributed by atoms with E-state index in [1.807, 2.05) is 30.3 Å². The molecule has 3 aromatic rings. The van der Waals surface area contributed by atoms with Crippen LogP contribution in [0.2, 0.25) is 0 Å². The number of piperidine rings is 3. The van der Waals surface area contributed by atoms with Crippen LogP contribution in [0.15, 0.2) is 48.5 Å². The first-order valence-corrected chi connectivity index (χ1v) is 19.9. The lowest BCUT2D eigenvalue weighted by Crippen LogP contribution is -2.58. The van der Waals surface area contributed by atoms with Crippen LogP contribution in [0.3, 0.4) is 0 Å². The van der Waals surface area contributed by atoms with E-state index in [1.54, 1.807) is 12.1 Å². The molecule has 2 aromatic carbocycles. The van der Waals surface area contributed by atoms with E-state index in [-0.39, 0.29) is 30.5 Å². The Labute approximate surface area is 320 Å². The molecule has 4 amide bonds. The Morgan fingerprint density at radius 3 is 2.36 bits per heavy atom. The number of likely N-dealkylation sites (tertiary alicyclic amines) is 1. The summed E-state index contributed by atoms with van der Waals surface area (Å²) < 4.78 is 0. The van der Waals surface area contributed by atoms with E-state index in [1.165, 1.54) is 12.8 Å². The molecule has 55 heavy (non-hydrogen) atoms. The molecule has 4 atom stereocenters. The number of nitrogens with one attached hydrogen (secondary N) is 2. The number of imide groups is 2. The maximum Gasteiger partial charge on any atom is 0.262 e. The summed E-state index contributed by atoms with van der Waals surface area (Å²) in [5.74, 6) is 0.431. The molecule has 6 aliphatic rings. The number of rotatable bonds is 7. The van der Waals surface area contributed by atoms with Gasteiger partial charge in [0, 0.05) is 69.5 Å². The number of carbonyl (C=O) groups is 4. The number of phenols is 1. The van der Waals surface area contributed by atoms with Crippen molar-refractivity contribution >= 4 is 40.8 Å². The van der Waals surface area contributed by atoms with Crippen LogP contribution < -0.4 is 20.4 Å². The van der Waals surface area contributed by atoms with Crippen LogP contribution in [0.25, 0.3) is 11.3 Å². The lowest BCUT2D eigenvalue weighted by atomic mass is 9.89. The molecule has 4 saturated heterocycles. The Morgan fingerprint density at radius 1 is 0.782 bits per heavy atom. The Morgan fingerprint density at radius 2 is 1.56 bits per heavy atom. The minimum atomic E-state index is -0.958. The molecular weight excluding hydrogens is 699 g/mol. The molecule has 9 rings (SSSR count). The molecule has 4 fully saturated rings. The fraction of sp³-hybridized carbons (Fsp3) is 0.512. The number of para-hydroxylation sites is 1. The Bertz CT molecular complexity index is 2020. The third-order valence-corrected chi connectivity index (χ3v) is 12.8. The molecule has 6 aliphatic heterocycles. The maximum atomic E-state index is 13.4. The summed E-state index contributed by atoms with van der Waals surface area (Å²) in [6, 6.07) is 14.5. The van der Waals surface area contributed by atoms with Gasteiger partial charge < -0.3 is 25.1 Å². The fourth-order valence-electron chi connectivity index (χ4n) is 9.88. The highest BCUT2D eigenvalue weighted by atomic mass is 16.3. The van der Waals surface area contributed by atoms with E-state index in [0.29, 0.717) is 40.3 Å².